The fourth-order valence-electron chi connectivity index (χ4n) is 1.68. The molecule has 0 aliphatic heterocycles. The number of hydrogen-bond acceptors (Lipinski definition) is 5. The second-order valence-corrected chi connectivity index (χ2v) is 6.54. The van der Waals surface area contributed by atoms with Gasteiger partial charge in [0, 0.05) is 11.6 Å². The van der Waals surface area contributed by atoms with Crippen molar-refractivity contribution in [1.82, 2.24) is 20.5 Å². The van der Waals surface area contributed by atoms with Crippen LogP contribution in [-0.2, 0) is 4.79 Å². The van der Waals surface area contributed by atoms with Crippen LogP contribution in [0.5, 0.6) is 0 Å². The number of carbonyl (C=O) groups excluding carboxylic acids is 2. The van der Waals surface area contributed by atoms with Crippen molar-refractivity contribution in [2.75, 3.05) is 5.32 Å². The summed E-state index contributed by atoms with van der Waals surface area (Å²) in [5.41, 5.74) is 0.619. The highest BCUT2D eigenvalue weighted by molar-refractivity contribution is 8.00. The maximum Gasteiger partial charge on any atom is 0.325 e. The van der Waals surface area contributed by atoms with Gasteiger partial charge in [0.1, 0.15) is 5.82 Å². The minimum Gasteiger partial charge on any atom is -0.308 e. The fourth-order valence-corrected chi connectivity index (χ4v) is 2.41. The second-order valence-electron chi connectivity index (χ2n) is 5.23. The third-order valence-corrected chi connectivity index (χ3v) is 3.91. The van der Waals surface area contributed by atoms with Crippen molar-refractivity contribution in [3.05, 3.63) is 36.2 Å². The Morgan fingerprint density at radius 3 is 2.48 bits per heavy atom. The minimum absolute atomic E-state index is 0.234. The molecular formula is C15H19N5O2S. The normalized spacial score (nSPS) is 12.0. The van der Waals surface area contributed by atoms with Crippen molar-refractivity contribution in [2.45, 2.75) is 37.1 Å². The molecule has 1 heterocycles. The monoisotopic (exact) mass is 333 g/mol. The highest BCUT2D eigenvalue weighted by Crippen LogP contribution is 2.21. The van der Waals surface area contributed by atoms with E-state index in [9.17, 15) is 9.59 Å². The first-order chi connectivity index (χ1) is 11.0. The molecule has 0 spiro atoms. The van der Waals surface area contributed by atoms with Crippen LogP contribution in [0, 0.1) is 0 Å². The van der Waals surface area contributed by atoms with Crippen LogP contribution < -0.4 is 10.6 Å². The zero-order valence-electron chi connectivity index (χ0n) is 13.2. The Morgan fingerprint density at radius 2 is 1.87 bits per heavy atom. The standard InChI is InChI=1S/C15H19N5O2S/c1-9(2)12-17-15(20-19-12)23-10(3)13(21)18-14(22)16-11-7-5-4-6-8-11/h4-10H,1-3H3,(H,17,19,20)(H2,16,18,21,22). The first kappa shape index (κ1) is 17.0. The summed E-state index contributed by atoms with van der Waals surface area (Å²) in [6.07, 6.45) is 0. The summed E-state index contributed by atoms with van der Waals surface area (Å²) in [5, 5.41) is 11.8. The van der Waals surface area contributed by atoms with Crippen LogP contribution in [0.4, 0.5) is 10.5 Å². The van der Waals surface area contributed by atoms with E-state index in [0.717, 1.165) is 5.82 Å². The predicted molar refractivity (Wildman–Crippen MR) is 89.4 cm³/mol. The topological polar surface area (TPSA) is 99.8 Å². The number of amides is 3. The maximum absolute atomic E-state index is 12.0. The number of rotatable bonds is 5. The number of anilines is 1. The molecule has 0 bridgehead atoms. The second kappa shape index (κ2) is 7.77. The molecule has 122 valence electrons. The Balaban J connectivity index is 1.85. The Hall–Kier alpha value is -2.35. The van der Waals surface area contributed by atoms with Gasteiger partial charge in [0.25, 0.3) is 0 Å². The molecule has 3 amide bonds. The van der Waals surface area contributed by atoms with E-state index in [1.165, 1.54) is 11.8 Å². The molecule has 3 N–H and O–H groups in total. The number of aromatic amines is 1. The first-order valence-electron chi connectivity index (χ1n) is 7.21. The lowest BCUT2D eigenvalue weighted by Crippen LogP contribution is -2.38. The molecular weight excluding hydrogens is 314 g/mol. The van der Waals surface area contributed by atoms with Crippen LogP contribution in [0.15, 0.2) is 35.5 Å². The van der Waals surface area contributed by atoms with Gasteiger partial charge in [0.2, 0.25) is 11.1 Å². The van der Waals surface area contributed by atoms with Crippen LogP contribution in [0.25, 0.3) is 0 Å². The first-order valence-corrected chi connectivity index (χ1v) is 8.09. The van der Waals surface area contributed by atoms with E-state index in [0.29, 0.717) is 10.8 Å². The molecule has 0 aliphatic carbocycles. The van der Waals surface area contributed by atoms with Crippen molar-refractivity contribution in [2.24, 2.45) is 0 Å². The number of H-pyrrole nitrogens is 1. The van der Waals surface area contributed by atoms with Gasteiger partial charge in [-0.05, 0) is 19.1 Å². The molecule has 1 unspecified atom stereocenters. The lowest BCUT2D eigenvalue weighted by molar-refractivity contribution is -0.119. The molecule has 7 nitrogen and oxygen atoms in total. The number of carbonyl (C=O) groups is 2. The quantitative estimate of drug-likeness (QED) is 0.731. The zero-order chi connectivity index (χ0) is 16.8. The number of thioether (sulfide) groups is 1. The summed E-state index contributed by atoms with van der Waals surface area (Å²) >= 11 is 1.19. The third kappa shape index (κ3) is 5.10. The molecule has 2 aromatic rings. The number of urea groups is 1. The number of para-hydroxylation sites is 1. The number of aromatic nitrogens is 3. The summed E-state index contributed by atoms with van der Waals surface area (Å²) < 4.78 is 0. The lowest BCUT2D eigenvalue weighted by Gasteiger charge is -2.10. The SMILES string of the molecule is CC(Sc1n[nH]c(C(C)C)n1)C(=O)NC(=O)Nc1ccccc1. The van der Waals surface area contributed by atoms with Gasteiger partial charge in [0.05, 0.1) is 5.25 Å². The Morgan fingerprint density at radius 1 is 1.17 bits per heavy atom. The van der Waals surface area contributed by atoms with Crippen LogP contribution in [0.2, 0.25) is 0 Å². The van der Waals surface area contributed by atoms with Crippen LogP contribution in [-0.4, -0.2) is 32.4 Å². The summed E-state index contributed by atoms with van der Waals surface area (Å²) in [5.74, 6) is 0.596. The Bertz CT molecular complexity index is 672. The van der Waals surface area contributed by atoms with Gasteiger partial charge in [-0.2, -0.15) is 0 Å². The van der Waals surface area contributed by atoms with Crippen LogP contribution in [0.1, 0.15) is 32.5 Å². The Kier molecular flexibility index (Phi) is 5.75. The predicted octanol–water partition coefficient (Wildman–Crippen LogP) is 2.76. The van der Waals surface area contributed by atoms with Crippen LogP contribution in [0.3, 0.4) is 0 Å². The lowest BCUT2D eigenvalue weighted by atomic mass is 10.2. The van der Waals surface area contributed by atoms with Gasteiger partial charge in [-0.1, -0.05) is 43.8 Å². The van der Waals surface area contributed by atoms with Crippen molar-refractivity contribution >= 4 is 29.4 Å². The summed E-state index contributed by atoms with van der Waals surface area (Å²) in [6.45, 7) is 5.69. The molecule has 1 aromatic carbocycles. The van der Waals surface area contributed by atoms with Gasteiger partial charge in [-0.25, -0.2) is 9.78 Å². The van der Waals surface area contributed by atoms with Crippen molar-refractivity contribution in [3.63, 3.8) is 0 Å². The zero-order valence-corrected chi connectivity index (χ0v) is 14.0. The van der Waals surface area contributed by atoms with E-state index >= 15 is 0 Å². The maximum atomic E-state index is 12.0. The minimum atomic E-state index is -0.563. The summed E-state index contributed by atoms with van der Waals surface area (Å²) in [4.78, 5) is 28.1. The van der Waals surface area contributed by atoms with Gasteiger partial charge < -0.3 is 5.32 Å². The van der Waals surface area contributed by atoms with Gasteiger partial charge in [0.15, 0.2) is 0 Å². The highest BCUT2D eigenvalue weighted by atomic mass is 32.2. The average molecular weight is 333 g/mol. The molecule has 1 aromatic heterocycles. The number of nitrogens with one attached hydrogen (secondary N) is 3. The van der Waals surface area contributed by atoms with E-state index in [-0.39, 0.29) is 5.92 Å². The van der Waals surface area contributed by atoms with Gasteiger partial charge >= 0.3 is 6.03 Å². The molecule has 23 heavy (non-hydrogen) atoms. The molecule has 8 heteroatoms. The van der Waals surface area contributed by atoms with E-state index in [4.69, 9.17) is 0 Å². The number of benzene rings is 1. The summed E-state index contributed by atoms with van der Waals surface area (Å²) in [7, 11) is 0. The summed E-state index contributed by atoms with van der Waals surface area (Å²) in [6, 6.07) is 8.35. The van der Waals surface area contributed by atoms with E-state index in [2.05, 4.69) is 25.8 Å². The largest absolute Gasteiger partial charge is 0.325 e. The third-order valence-electron chi connectivity index (χ3n) is 2.95. The van der Waals surface area contributed by atoms with Gasteiger partial charge in [-0.3, -0.25) is 15.2 Å². The van der Waals surface area contributed by atoms with E-state index in [1.807, 2.05) is 19.9 Å². The van der Waals surface area contributed by atoms with Gasteiger partial charge in [-0.15, -0.1) is 5.10 Å². The molecule has 0 radical (unpaired) electrons. The van der Waals surface area contributed by atoms with Crippen molar-refractivity contribution in [3.8, 4) is 0 Å². The van der Waals surface area contributed by atoms with Crippen LogP contribution >= 0.6 is 11.8 Å². The molecule has 0 saturated carbocycles. The number of hydrogen-bond donors (Lipinski definition) is 3. The number of imide groups is 1. The molecule has 1 atom stereocenters. The smallest absolute Gasteiger partial charge is 0.308 e. The van der Waals surface area contributed by atoms with Crippen molar-refractivity contribution < 1.29 is 9.59 Å². The molecule has 0 aliphatic rings. The van der Waals surface area contributed by atoms with Crippen molar-refractivity contribution in [1.29, 1.82) is 0 Å². The number of nitrogens with zero attached hydrogens (tertiary/aromatic N) is 2. The average Bonchev–Trinajstić information content (AvgIpc) is 2.96. The van der Waals surface area contributed by atoms with E-state index < -0.39 is 17.2 Å². The highest BCUT2D eigenvalue weighted by Gasteiger charge is 2.19. The molecule has 2 rings (SSSR count). The molecule has 0 saturated heterocycles. The van der Waals surface area contributed by atoms with E-state index in [1.54, 1.807) is 31.2 Å². The Labute approximate surface area is 138 Å². The molecule has 0 fully saturated rings. The fraction of sp³-hybridized carbons (Fsp3) is 0.333.